The first-order chi connectivity index (χ1) is 9.02. The average Bonchev–Trinajstić information content (AvgIpc) is 3.00. The lowest BCUT2D eigenvalue weighted by molar-refractivity contribution is 0.441. The molecule has 2 aliphatic rings. The Labute approximate surface area is 118 Å². The monoisotopic (exact) mass is 303 g/mol. The Kier molecular flexibility index (Phi) is 3.39. The summed E-state index contributed by atoms with van der Waals surface area (Å²) in [5.41, 5.74) is 0. The van der Waals surface area contributed by atoms with Crippen LogP contribution in [-0.4, -0.2) is 25.8 Å². The minimum absolute atomic E-state index is 0.196. The highest BCUT2D eigenvalue weighted by atomic mass is 35.5. The van der Waals surface area contributed by atoms with Crippen molar-refractivity contribution >= 4 is 21.6 Å². The quantitative estimate of drug-likeness (QED) is 0.807. The standard InChI is InChI=1S/C13H18ClNO3S/c1-9-13(5-12(6-14)18-9)19(16,17)15-7-10-3-2-4-11(10)8-15/h5,10-11H,2-4,6-8H2,1H3. The van der Waals surface area contributed by atoms with Crippen molar-refractivity contribution in [1.82, 2.24) is 4.31 Å². The van der Waals surface area contributed by atoms with E-state index in [0.29, 0.717) is 36.4 Å². The van der Waals surface area contributed by atoms with Crippen molar-refractivity contribution in [2.75, 3.05) is 13.1 Å². The molecule has 1 saturated carbocycles. The average molecular weight is 304 g/mol. The van der Waals surface area contributed by atoms with Gasteiger partial charge < -0.3 is 4.42 Å². The molecule has 2 atom stereocenters. The number of sulfonamides is 1. The molecule has 0 N–H and O–H groups in total. The van der Waals surface area contributed by atoms with Gasteiger partial charge in [-0.05, 0) is 31.6 Å². The maximum absolute atomic E-state index is 12.6. The Hall–Kier alpha value is -0.520. The van der Waals surface area contributed by atoms with Crippen molar-refractivity contribution in [1.29, 1.82) is 0 Å². The molecule has 0 bridgehead atoms. The second-order valence-electron chi connectivity index (χ2n) is 5.54. The van der Waals surface area contributed by atoms with E-state index in [2.05, 4.69) is 0 Å². The van der Waals surface area contributed by atoms with E-state index in [-0.39, 0.29) is 10.8 Å². The van der Waals surface area contributed by atoms with Crippen molar-refractivity contribution in [2.24, 2.45) is 11.8 Å². The lowest BCUT2D eigenvalue weighted by Crippen LogP contribution is -2.29. The van der Waals surface area contributed by atoms with Gasteiger partial charge in [0.2, 0.25) is 10.0 Å². The van der Waals surface area contributed by atoms with Crippen LogP contribution in [-0.2, 0) is 15.9 Å². The summed E-state index contributed by atoms with van der Waals surface area (Å²) in [6, 6.07) is 1.56. The van der Waals surface area contributed by atoms with Gasteiger partial charge in [-0.3, -0.25) is 0 Å². The van der Waals surface area contributed by atoms with Crippen molar-refractivity contribution in [2.45, 2.75) is 37.0 Å². The van der Waals surface area contributed by atoms with Crippen LogP contribution in [0.4, 0.5) is 0 Å². The van der Waals surface area contributed by atoms with Crippen LogP contribution >= 0.6 is 11.6 Å². The third-order valence-corrected chi connectivity index (χ3v) is 6.57. The highest BCUT2D eigenvalue weighted by Crippen LogP contribution is 2.40. The van der Waals surface area contributed by atoms with E-state index < -0.39 is 10.0 Å². The number of halogens is 1. The number of hydrogen-bond acceptors (Lipinski definition) is 3. The van der Waals surface area contributed by atoms with Crippen LogP contribution in [0, 0.1) is 18.8 Å². The Morgan fingerprint density at radius 1 is 1.37 bits per heavy atom. The van der Waals surface area contributed by atoms with Crippen molar-refractivity contribution in [3.05, 3.63) is 17.6 Å². The van der Waals surface area contributed by atoms with Gasteiger partial charge in [0.05, 0.1) is 5.88 Å². The molecule has 1 aliphatic carbocycles. The van der Waals surface area contributed by atoms with Crippen molar-refractivity contribution in [3.8, 4) is 0 Å². The van der Waals surface area contributed by atoms with Crippen molar-refractivity contribution < 1.29 is 12.8 Å². The molecule has 106 valence electrons. The Morgan fingerprint density at radius 2 is 2.00 bits per heavy atom. The molecule has 3 rings (SSSR count). The molecule has 0 spiro atoms. The maximum atomic E-state index is 12.6. The van der Waals surface area contributed by atoms with Crippen LogP contribution in [0.15, 0.2) is 15.4 Å². The molecule has 2 heterocycles. The predicted octanol–water partition coefficient (Wildman–Crippen LogP) is 2.75. The number of aryl methyl sites for hydroxylation is 1. The summed E-state index contributed by atoms with van der Waals surface area (Å²) in [6.07, 6.45) is 3.56. The first-order valence-electron chi connectivity index (χ1n) is 6.68. The molecule has 4 nitrogen and oxygen atoms in total. The van der Waals surface area contributed by atoms with Gasteiger partial charge in [-0.2, -0.15) is 4.31 Å². The van der Waals surface area contributed by atoms with Gasteiger partial charge in [0, 0.05) is 19.2 Å². The fourth-order valence-electron chi connectivity index (χ4n) is 3.37. The van der Waals surface area contributed by atoms with Gasteiger partial charge in [0.15, 0.2) is 0 Å². The first-order valence-corrected chi connectivity index (χ1v) is 8.65. The second-order valence-corrected chi connectivity index (χ2v) is 7.71. The number of nitrogens with zero attached hydrogens (tertiary/aromatic N) is 1. The Balaban J connectivity index is 1.88. The second kappa shape index (κ2) is 4.79. The van der Waals surface area contributed by atoms with Gasteiger partial charge in [-0.25, -0.2) is 8.42 Å². The smallest absolute Gasteiger partial charge is 0.246 e. The van der Waals surface area contributed by atoms with E-state index >= 15 is 0 Å². The molecule has 1 saturated heterocycles. The molecule has 0 radical (unpaired) electrons. The van der Waals surface area contributed by atoms with Crippen LogP contribution < -0.4 is 0 Å². The van der Waals surface area contributed by atoms with Crippen molar-refractivity contribution in [3.63, 3.8) is 0 Å². The third-order valence-electron chi connectivity index (χ3n) is 4.37. The topological polar surface area (TPSA) is 50.5 Å². The van der Waals surface area contributed by atoms with Crippen LogP contribution in [0.3, 0.4) is 0 Å². The fourth-order valence-corrected chi connectivity index (χ4v) is 5.24. The SMILES string of the molecule is Cc1oc(CCl)cc1S(=O)(=O)N1CC2CCCC2C1. The van der Waals surface area contributed by atoms with E-state index in [0.717, 1.165) is 12.8 Å². The molecule has 6 heteroatoms. The molecule has 19 heavy (non-hydrogen) atoms. The van der Waals surface area contributed by atoms with Gasteiger partial charge in [0.25, 0.3) is 0 Å². The molecule has 1 aromatic rings. The minimum Gasteiger partial charge on any atom is -0.464 e. The van der Waals surface area contributed by atoms with Gasteiger partial charge in [-0.15, -0.1) is 11.6 Å². The molecule has 1 aromatic heterocycles. The number of rotatable bonds is 3. The van der Waals surface area contributed by atoms with Gasteiger partial charge in [-0.1, -0.05) is 6.42 Å². The van der Waals surface area contributed by atoms with E-state index in [1.165, 1.54) is 6.42 Å². The summed E-state index contributed by atoms with van der Waals surface area (Å²) in [7, 11) is -3.42. The van der Waals surface area contributed by atoms with Crippen LogP contribution in [0.2, 0.25) is 0 Å². The maximum Gasteiger partial charge on any atom is 0.246 e. The van der Waals surface area contributed by atoms with E-state index in [4.69, 9.17) is 16.0 Å². The zero-order valence-corrected chi connectivity index (χ0v) is 12.5. The number of hydrogen-bond donors (Lipinski definition) is 0. The van der Waals surface area contributed by atoms with E-state index in [9.17, 15) is 8.42 Å². The Morgan fingerprint density at radius 3 is 2.53 bits per heavy atom. The molecule has 0 amide bonds. The Bertz CT molecular complexity index is 569. The normalized spacial score (nSPS) is 27.9. The van der Waals surface area contributed by atoms with Gasteiger partial charge in [0.1, 0.15) is 16.4 Å². The molecule has 0 aromatic carbocycles. The van der Waals surface area contributed by atoms with E-state index in [1.54, 1.807) is 17.3 Å². The minimum atomic E-state index is -3.42. The molecular formula is C13H18ClNO3S. The summed E-state index contributed by atoms with van der Waals surface area (Å²) in [6.45, 7) is 3.00. The predicted molar refractivity (Wildman–Crippen MR) is 72.6 cm³/mol. The summed E-state index contributed by atoms with van der Waals surface area (Å²) in [5, 5.41) is 0. The van der Waals surface area contributed by atoms with Crippen LogP contribution in [0.1, 0.15) is 30.8 Å². The number of furan rings is 1. The zero-order chi connectivity index (χ0) is 13.6. The summed E-state index contributed by atoms with van der Waals surface area (Å²) >= 11 is 5.70. The fraction of sp³-hybridized carbons (Fsp3) is 0.692. The molecule has 2 unspecified atom stereocenters. The zero-order valence-electron chi connectivity index (χ0n) is 10.9. The summed E-state index contributed by atoms with van der Waals surface area (Å²) in [5.74, 6) is 2.25. The molecule has 1 aliphatic heterocycles. The lowest BCUT2D eigenvalue weighted by Gasteiger charge is -2.16. The van der Waals surface area contributed by atoms with Crippen LogP contribution in [0.25, 0.3) is 0 Å². The molecular weight excluding hydrogens is 286 g/mol. The summed E-state index contributed by atoms with van der Waals surface area (Å²) < 4.78 is 32.3. The summed E-state index contributed by atoms with van der Waals surface area (Å²) in [4.78, 5) is 0.281. The van der Waals surface area contributed by atoms with Gasteiger partial charge >= 0.3 is 0 Å². The molecule has 2 fully saturated rings. The highest BCUT2D eigenvalue weighted by molar-refractivity contribution is 7.89. The highest BCUT2D eigenvalue weighted by Gasteiger charge is 2.42. The third kappa shape index (κ3) is 2.22. The number of alkyl halides is 1. The number of fused-ring (bicyclic) bond motifs is 1. The first kappa shape index (κ1) is 13.5. The van der Waals surface area contributed by atoms with Crippen LogP contribution in [0.5, 0.6) is 0 Å². The lowest BCUT2D eigenvalue weighted by atomic mass is 10.0. The van der Waals surface area contributed by atoms with E-state index in [1.807, 2.05) is 0 Å². The largest absolute Gasteiger partial charge is 0.464 e.